The molecule has 3 nitrogen and oxygen atoms in total. The number of cyclic esters (lactones) is 2. The smallest absolute Gasteiger partial charge is 0.318 e. The van der Waals surface area contributed by atoms with Crippen molar-refractivity contribution in [2.45, 2.75) is 31.6 Å². The van der Waals surface area contributed by atoms with Gasteiger partial charge in [0, 0.05) is 10.8 Å². The topological polar surface area (TPSA) is 43.4 Å². The zero-order valence-electron chi connectivity index (χ0n) is 10.4. The van der Waals surface area contributed by atoms with Gasteiger partial charge in [0.15, 0.2) is 0 Å². The molecule has 0 amide bonds. The van der Waals surface area contributed by atoms with E-state index < -0.39 is 0 Å². The molecule has 0 spiro atoms. The second-order valence-corrected chi connectivity index (χ2v) is 6.53. The quantitative estimate of drug-likeness (QED) is 0.449. The molecule has 0 unspecified atom stereocenters. The lowest BCUT2D eigenvalue weighted by molar-refractivity contribution is -0.153. The van der Waals surface area contributed by atoms with Crippen molar-refractivity contribution in [2.24, 2.45) is 11.8 Å². The third kappa shape index (κ3) is 1.56. The molecule has 19 heavy (non-hydrogen) atoms. The maximum atomic E-state index is 12.1. The Bertz CT molecular complexity index is 585. The molecule has 0 radical (unpaired) electrons. The largest absolute Gasteiger partial charge is 0.393 e. The van der Waals surface area contributed by atoms with Gasteiger partial charge in [0.2, 0.25) is 0 Å². The number of carbonyl (C=O) groups is 2. The molecule has 98 valence electrons. The Morgan fingerprint density at radius 2 is 2.11 bits per heavy atom. The lowest BCUT2D eigenvalue weighted by Gasteiger charge is -2.31. The first kappa shape index (κ1) is 11.4. The molecule has 4 rings (SSSR count). The van der Waals surface area contributed by atoms with Crippen LogP contribution in [0.5, 0.6) is 0 Å². The minimum Gasteiger partial charge on any atom is -0.393 e. The average Bonchev–Trinajstić information content (AvgIpc) is 3.10. The number of fused-ring (bicyclic) bond motifs is 1. The van der Waals surface area contributed by atoms with E-state index >= 15 is 0 Å². The van der Waals surface area contributed by atoms with Crippen molar-refractivity contribution in [3.05, 3.63) is 33.5 Å². The van der Waals surface area contributed by atoms with Crippen molar-refractivity contribution in [1.82, 2.24) is 0 Å². The van der Waals surface area contributed by atoms with E-state index in [1.165, 1.54) is 16.0 Å². The van der Waals surface area contributed by atoms with Crippen molar-refractivity contribution >= 4 is 23.3 Å². The highest BCUT2D eigenvalue weighted by molar-refractivity contribution is 7.10. The predicted octanol–water partition coefficient (Wildman–Crippen LogP) is 3.03. The second kappa shape index (κ2) is 4.04. The van der Waals surface area contributed by atoms with Gasteiger partial charge in [-0.05, 0) is 37.1 Å². The van der Waals surface area contributed by atoms with Crippen LogP contribution in [0.15, 0.2) is 28.7 Å². The van der Waals surface area contributed by atoms with Crippen LogP contribution < -0.4 is 0 Å². The Morgan fingerprint density at radius 3 is 2.89 bits per heavy atom. The molecular formula is C15H14O3S. The summed E-state index contributed by atoms with van der Waals surface area (Å²) in [6.07, 6.45) is 4.06. The van der Waals surface area contributed by atoms with E-state index in [0.29, 0.717) is 0 Å². The van der Waals surface area contributed by atoms with Gasteiger partial charge in [-0.25, -0.2) is 0 Å². The SMILES string of the molecule is O=C1OC(=O)[C@H]2CC3=C(CCC3)[C@@H](c3cccs3)[C@@H]12. The maximum Gasteiger partial charge on any atom is 0.318 e. The van der Waals surface area contributed by atoms with Gasteiger partial charge < -0.3 is 4.74 Å². The number of esters is 2. The molecule has 2 aliphatic carbocycles. The number of thiophene rings is 1. The van der Waals surface area contributed by atoms with E-state index in [9.17, 15) is 9.59 Å². The van der Waals surface area contributed by atoms with E-state index in [1.54, 1.807) is 11.3 Å². The number of ether oxygens (including phenoxy) is 1. The van der Waals surface area contributed by atoms with Gasteiger partial charge in [0.05, 0.1) is 11.8 Å². The van der Waals surface area contributed by atoms with Crippen LogP contribution in [0.4, 0.5) is 0 Å². The van der Waals surface area contributed by atoms with Crippen LogP contribution in [0.1, 0.15) is 36.5 Å². The Labute approximate surface area is 115 Å². The van der Waals surface area contributed by atoms with E-state index in [2.05, 4.69) is 6.07 Å². The van der Waals surface area contributed by atoms with Crippen LogP contribution in [-0.4, -0.2) is 11.9 Å². The summed E-state index contributed by atoms with van der Waals surface area (Å²) in [5.74, 6) is -1.04. The van der Waals surface area contributed by atoms with Gasteiger partial charge in [-0.15, -0.1) is 11.3 Å². The van der Waals surface area contributed by atoms with Crippen LogP contribution >= 0.6 is 11.3 Å². The summed E-state index contributed by atoms with van der Waals surface area (Å²) < 4.78 is 4.90. The van der Waals surface area contributed by atoms with Crippen LogP contribution in [-0.2, 0) is 14.3 Å². The lowest BCUT2D eigenvalue weighted by atomic mass is 9.70. The predicted molar refractivity (Wildman–Crippen MR) is 70.6 cm³/mol. The Hall–Kier alpha value is -1.42. The molecule has 2 heterocycles. The molecule has 1 fully saturated rings. The summed E-state index contributed by atoms with van der Waals surface area (Å²) in [4.78, 5) is 25.1. The molecule has 1 aromatic rings. The standard InChI is InChI=1S/C15H14O3S/c16-14-10-7-8-3-1-4-9(8)12(11-5-2-6-19-11)13(10)15(17)18-14/h2,5-6,10,12-13H,1,3-4,7H2/t10-,12-,13-/m0/s1. The van der Waals surface area contributed by atoms with Crippen molar-refractivity contribution in [2.75, 3.05) is 0 Å². The minimum atomic E-state index is -0.313. The molecular weight excluding hydrogens is 260 g/mol. The van der Waals surface area contributed by atoms with Crippen LogP contribution in [0, 0.1) is 11.8 Å². The summed E-state index contributed by atoms with van der Waals surface area (Å²) in [5.41, 5.74) is 2.82. The number of hydrogen-bond acceptors (Lipinski definition) is 4. The fourth-order valence-electron chi connectivity index (χ4n) is 3.87. The van der Waals surface area contributed by atoms with Gasteiger partial charge in [-0.1, -0.05) is 17.2 Å². The first-order valence-corrected chi connectivity index (χ1v) is 7.63. The summed E-state index contributed by atoms with van der Waals surface area (Å²) >= 11 is 1.68. The molecule has 1 saturated heterocycles. The summed E-state index contributed by atoms with van der Waals surface area (Å²) in [7, 11) is 0. The van der Waals surface area contributed by atoms with Crippen molar-refractivity contribution in [3.63, 3.8) is 0 Å². The monoisotopic (exact) mass is 274 g/mol. The van der Waals surface area contributed by atoms with Gasteiger partial charge >= 0.3 is 11.9 Å². The number of allylic oxidation sites excluding steroid dienone is 2. The first-order chi connectivity index (χ1) is 9.25. The minimum absolute atomic E-state index is 0.0928. The van der Waals surface area contributed by atoms with E-state index in [4.69, 9.17) is 4.74 Å². The highest BCUT2D eigenvalue weighted by Crippen LogP contribution is 2.53. The van der Waals surface area contributed by atoms with E-state index in [1.807, 2.05) is 11.4 Å². The maximum absolute atomic E-state index is 12.1. The summed E-state index contributed by atoms with van der Waals surface area (Å²) in [6.45, 7) is 0. The highest BCUT2D eigenvalue weighted by Gasteiger charge is 2.53. The summed E-state index contributed by atoms with van der Waals surface area (Å²) in [5, 5.41) is 2.04. The van der Waals surface area contributed by atoms with Gasteiger partial charge in [0.25, 0.3) is 0 Å². The first-order valence-electron chi connectivity index (χ1n) is 6.75. The Balaban J connectivity index is 1.85. The molecule has 3 aliphatic rings. The van der Waals surface area contributed by atoms with Crippen LogP contribution in [0.3, 0.4) is 0 Å². The highest BCUT2D eigenvalue weighted by atomic mass is 32.1. The average molecular weight is 274 g/mol. The second-order valence-electron chi connectivity index (χ2n) is 5.55. The molecule has 3 atom stereocenters. The zero-order chi connectivity index (χ0) is 13.0. The molecule has 1 aromatic heterocycles. The van der Waals surface area contributed by atoms with E-state index in [0.717, 1.165) is 25.7 Å². The van der Waals surface area contributed by atoms with Crippen molar-refractivity contribution < 1.29 is 14.3 Å². The van der Waals surface area contributed by atoms with Crippen LogP contribution in [0.25, 0.3) is 0 Å². The third-order valence-corrected chi connectivity index (χ3v) is 5.59. The van der Waals surface area contributed by atoms with E-state index in [-0.39, 0.29) is 29.7 Å². The van der Waals surface area contributed by atoms with Crippen molar-refractivity contribution in [3.8, 4) is 0 Å². The van der Waals surface area contributed by atoms with Crippen molar-refractivity contribution in [1.29, 1.82) is 0 Å². The molecule has 4 heteroatoms. The number of carbonyl (C=O) groups excluding carboxylic acids is 2. The van der Waals surface area contributed by atoms with Crippen LogP contribution in [0.2, 0.25) is 0 Å². The molecule has 0 aromatic carbocycles. The number of rotatable bonds is 1. The molecule has 0 saturated carbocycles. The molecule has 1 aliphatic heterocycles. The fraction of sp³-hybridized carbons (Fsp3) is 0.467. The fourth-order valence-corrected chi connectivity index (χ4v) is 4.78. The molecule has 0 N–H and O–H groups in total. The normalized spacial score (nSPS) is 33.4. The van der Waals surface area contributed by atoms with Gasteiger partial charge in [0.1, 0.15) is 0 Å². The van der Waals surface area contributed by atoms with Gasteiger partial charge in [-0.3, -0.25) is 9.59 Å². The molecule has 0 bridgehead atoms. The number of hydrogen-bond donors (Lipinski definition) is 0. The Kier molecular flexibility index (Phi) is 2.42. The van der Waals surface area contributed by atoms with Gasteiger partial charge in [-0.2, -0.15) is 0 Å². The zero-order valence-corrected chi connectivity index (χ0v) is 11.2. The Morgan fingerprint density at radius 1 is 1.21 bits per heavy atom. The third-order valence-electron chi connectivity index (χ3n) is 4.64. The lowest BCUT2D eigenvalue weighted by Crippen LogP contribution is -2.30. The summed E-state index contributed by atoms with van der Waals surface area (Å²) in [6, 6.07) is 4.09.